The molecule has 1 aromatic carbocycles. The van der Waals surface area contributed by atoms with E-state index in [1.54, 1.807) is 6.20 Å². The summed E-state index contributed by atoms with van der Waals surface area (Å²) in [6, 6.07) is 5.99. The van der Waals surface area contributed by atoms with Crippen molar-refractivity contribution in [2.75, 3.05) is 5.32 Å². The van der Waals surface area contributed by atoms with E-state index >= 15 is 0 Å². The number of nitrogens with one attached hydrogen (secondary N) is 1. The number of anilines is 1. The highest BCUT2D eigenvalue weighted by Crippen LogP contribution is 2.26. The van der Waals surface area contributed by atoms with Crippen molar-refractivity contribution in [1.29, 1.82) is 0 Å². The van der Waals surface area contributed by atoms with Crippen LogP contribution in [0, 0.1) is 6.92 Å². The van der Waals surface area contributed by atoms with E-state index in [1.165, 1.54) is 21.6 Å². The molecule has 0 unspecified atom stereocenters. The largest absolute Gasteiger partial charge is 0.325 e. The molecule has 3 N–H and O–H groups in total. The number of nitrogens with two attached hydrogens (primary N) is 1. The summed E-state index contributed by atoms with van der Waals surface area (Å²) in [6.45, 7) is 2.41. The maximum atomic E-state index is 12.0. The first kappa shape index (κ1) is 13.7. The van der Waals surface area contributed by atoms with Crippen LogP contribution in [0.5, 0.6) is 0 Å². The zero-order chi connectivity index (χ0) is 14.8. The molecule has 8 heteroatoms. The van der Waals surface area contributed by atoms with Crippen LogP contribution in [0.1, 0.15) is 11.3 Å². The molecule has 1 amide bonds. The summed E-state index contributed by atoms with van der Waals surface area (Å²) < 4.78 is 2.51. The minimum absolute atomic E-state index is 0.0853. The summed E-state index contributed by atoms with van der Waals surface area (Å²) in [6.07, 6.45) is 1.65. The molecule has 0 fully saturated rings. The lowest BCUT2D eigenvalue weighted by atomic mass is 10.2. The molecule has 108 valence electrons. The molecule has 3 rings (SSSR count). The van der Waals surface area contributed by atoms with Crippen molar-refractivity contribution in [3.8, 4) is 0 Å². The lowest BCUT2D eigenvalue weighted by molar-refractivity contribution is -0.116. The number of hydrogen-bond donors (Lipinski definition) is 2. The maximum Gasteiger partial charge on any atom is 0.247 e. The van der Waals surface area contributed by atoms with Gasteiger partial charge in [-0.25, -0.2) is 9.67 Å². The average molecular weight is 302 g/mol. The van der Waals surface area contributed by atoms with Crippen LogP contribution in [0.3, 0.4) is 0 Å². The van der Waals surface area contributed by atoms with Gasteiger partial charge in [-0.3, -0.25) is 4.79 Å². The first-order valence-corrected chi connectivity index (χ1v) is 7.22. The van der Waals surface area contributed by atoms with Gasteiger partial charge in [-0.2, -0.15) is 0 Å². The van der Waals surface area contributed by atoms with E-state index in [9.17, 15) is 4.79 Å². The molecule has 2 heterocycles. The third-order valence-corrected chi connectivity index (χ3v) is 3.82. The third-order valence-electron chi connectivity index (χ3n) is 2.89. The second-order valence-corrected chi connectivity index (χ2v) is 5.68. The summed E-state index contributed by atoms with van der Waals surface area (Å²) in [7, 11) is 0. The fourth-order valence-corrected chi connectivity index (χ4v) is 2.88. The highest BCUT2D eigenvalue weighted by atomic mass is 32.1. The summed E-state index contributed by atoms with van der Waals surface area (Å²) >= 11 is 1.45. The molecule has 2 aromatic heterocycles. The second-order valence-electron chi connectivity index (χ2n) is 4.65. The van der Waals surface area contributed by atoms with Crippen molar-refractivity contribution < 1.29 is 4.79 Å². The van der Waals surface area contributed by atoms with E-state index in [0.29, 0.717) is 17.4 Å². The molecule has 0 spiro atoms. The van der Waals surface area contributed by atoms with Crippen LogP contribution >= 0.6 is 11.3 Å². The van der Waals surface area contributed by atoms with Crippen molar-refractivity contribution in [3.05, 3.63) is 35.7 Å². The standard InChI is InChI=1S/C13H14N6OS/c1-8-2-3-10-11(4-8)21-13(15-10)16-12(20)7-19-6-9(5-14)17-18-19/h2-4,6H,5,7,14H2,1H3,(H,15,16,20). The smallest absolute Gasteiger partial charge is 0.247 e. The van der Waals surface area contributed by atoms with Gasteiger partial charge in [0, 0.05) is 6.54 Å². The van der Waals surface area contributed by atoms with Crippen LogP contribution in [0.4, 0.5) is 5.13 Å². The number of carbonyl (C=O) groups excluding carboxylic acids is 1. The Hall–Kier alpha value is -2.32. The molecule has 21 heavy (non-hydrogen) atoms. The van der Waals surface area contributed by atoms with E-state index in [0.717, 1.165) is 10.2 Å². The number of aryl methyl sites for hydroxylation is 1. The first-order valence-electron chi connectivity index (χ1n) is 6.40. The predicted molar refractivity (Wildman–Crippen MR) is 80.9 cm³/mol. The van der Waals surface area contributed by atoms with E-state index in [-0.39, 0.29) is 12.5 Å². The third kappa shape index (κ3) is 3.06. The van der Waals surface area contributed by atoms with Gasteiger partial charge in [0.25, 0.3) is 0 Å². The molecule has 0 saturated carbocycles. The highest BCUT2D eigenvalue weighted by molar-refractivity contribution is 7.22. The summed E-state index contributed by atoms with van der Waals surface area (Å²) in [4.78, 5) is 16.3. The van der Waals surface area contributed by atoms with Crippen LogP contribution in [-0.2, 0) is 17.9 Å². The maximum absolute atomic E-state index is 12.0. The quantitative estimate of drug-likeness (QED) is 0.756. The number of rotatable bonds is 4. The predicted octanol–water partition coefficient (Wildman–Crippen LogP) is 1.29. The minimum Gasteiger partial charge on any atom is -0.325 e. The number of hydrogen-bond acceptors (Lipinski definition) is 6. The number of benzene rings is 1. The van der Waals surface area contributed by atoms with Gasteiger partial charge in [0.2, 0.25) is 5.91 Å². The Balaban J connectivity index is 1.70. The van der Waals surface area contributed by atoms with Crippen LogP contribution in [0.2, 0.25) is 0 Å². The molecule has 7 nitrogen and oxygen atoms in total. The van der Waals surface area contributed by atoms with Crippen LogP contribution in [0.15, 0.2) is 24.4 Å². The van der Waals surface area contributed by atoms with Gasteiger partial charge in [0.05, 0.1) is 22.1 Å². The van der Waals surface area contributed by atoms with E-state index in [4.69, 9.17) is 5.73 Å². The molecular weight excluding hydrogens is 288 g/mol. The Kier molecular flexibility index (Phi) is 3.63. The Morgan fingerprint density at radius 2 is 2.33 bits per heavy atom. The van der Waals surface area contributed by atoms with Gasteiger partial charge < -0.3 is 11.1 Å². The summed E-state index contributed by atoms with van der Waals surface area (Å²) in [5.41, 5.74) is 8.15. The minimum atomic E-state index is -0.195. The number of nitrogens with zero attached hydrogens (tertiary/aromatic N) is 4. The Bertz CT molecular complexity index is 793. The van der Waals surface area contributed by atoms with Crippen LogP contribution < -0.4 is 11.1 Å². The van der Waals surface area contributed by atoms with Crippen molar-refractivity contribution in [2.45, 2.75) is 20.0 Å². The molecule has 0 aliphatic rings. The van der Waals surface area contributed by atoms with Gasteiger partial charge in [0.1, 0.15) is 6.54 Å². The molecule has 0 aliphatic heterocycles. The molecule has 0 saturated heterocycles. The fraction of sp³-hybridized carbons (Fsp3) is 0.231. The molecule has 0 aliphatic carbocycles. The Morgan fingerprint density at radius 1 is 1.48 bits per heavy atom. The molecule has 0 bridgehead atoms. The van der Waals surface area contributed by atoms with Crippen molar-refractivity contribution in [2.24, 2.45) is 5.73 Å². The number of aromatic nitrogens is 4. The van der Waals surface area contributed by atoms with E-state index in [1.807, 2.05) is 25.1 Å². The second kappa shape index (κ2) is 5.58. The van der Waals surface area contributed by atoms with Gasteiger partial charge in [0.15, 0.2) is 5.13 Å². The molecule has 0 radical (unpaired) electrons. The topological polar surface area (TPSA) is 98.7 Å². The normalized spacial score (nSPS) is 11.0. The van der Waals surface area contributed by atoms with Crippen LogP contribution in [0.25, 0.3) is 10.2 Å². The Morgan fingerprint density at radius 3 is 3.10 bits per heavy atom. The van der Waals surface area contributed by atoms with Crippen LogP contribution in [-0.4, -0.2) is 25.9 Å². The van der Waals surface area contributed by atoms with E-state index in [2.05, 4.69) is 20.6 Å². The Labute approximate surface area is 124 Å². The summed E-state index contributed by atoms with van der Waals surface area (Å²) in [5.74, 6) is -0.195. The van der Waals surface area contributed by atoms with Crippen molar-refractivity contribution in [1.82, 2.24) is 20.0 Å². The zero-order valence-corrected chi connectivity index (χ0v) is 12.2. The van der Waals surface area contributed by atoms with Gasteiger partial charge >= 0.3 is 0 Å². The summed E-state index contributed by atoms with van der Waals surface area (Å²) in [5, 5.41) is 11.0. The van der Waals surface area contributed by atoms with E-state index < -0.39 is 0 Å². The number of fused-ring (bicyclic) bond motifs is 1. The van der Waals surface area contributed by atoms with Crippen molar-refractivity contribution in [3.63, 3.8) is 0 Å². The van der Waals surface area contributed by atoms with Gasteiger partial charge in [-0.05, 0) is 24.6 Å². The van der Waals surface area contributed by atoms with Gasteiger partial charge in [-0.15, -0.1) is 5.10 Å². The molecule has 3 aromatic rings. The molecular formula is C13H14N6OS. The number of carbonyl (C=O) groups is 1. The van der Waals surface area contributed by atoms with Crippen molar-refractivity contribution >= 4 is 32.6 Å². The first-order chi connectivity index (χ1) is 10.1. The lowest BCUT2D eigenvalue weighted by Crippen LogP contribution is -2.19. The highest BCUT2D eigenvalue weighted by Gasteiger charge is 2.09. The monoisotopic (exact) mass is 302 g/mol. The lowest BCUT2D eigenvalue weighted by Gasteiger charge is -2.00. The fourth-order valence-electron chi connectivity index (χ4n) is 1.90. The number of thiazole rings is 1. The zero-order valence-electron chi connectivity index (χ0n) is 11.4. The average Bonchev–Trinajstić information content (AvgIpc) is 3.04. The molecule has 0 atom stereocenters. The number of amides is 1. The SMILES string of the molecule is Cc1ccc2nc(NC(=O)Cn3cc(CN)nn3)sc2c1. The van der Waals surface area contributed by atoms with Gasteiger partial charge in [-0.1, -0.05) is 22.6 Å².